The predicted molar refractivity (Wildman–Crippen MR) is 113 cm³/mol. The van der Waals surface area contributed by atoms with E-state index in [2.05, 4.69) is 15.0 Å². The highest BCUT2D eigenvalue weighted by atomic mass is 32.2. The van der Waals surface area contributed by atoms with Gasteiger partial charge in [-0.15, -0.1) is 0 Å². The van der Waals surface area contributed by atoms with Gasteiger partial charge in [0.25, 0.3) is 10.0 Å². The molecule has 1 atom stereocenters. The zero-order valence-electron chi connectivity index (χ0n) is 17.2. The molecule has 32 heavy (non-hydrogen) atoms. The fourth-order valence-electron chi connectivity index (χ4n) is 4.25. The molecule has 1 unspecified atom stereocenters. The monoisotopic (exact) mass is 458 g/mol. The third-order valence-corrected chi connectivity index (χ3v) is 6.98. The van der Waals surface area contributed by atoms with Crippen LogP contribution in [-0.4, -0.2) is 37.6 Å². The van der Waals surface area contributed by atoms with Gasteiger partial charge in [0.15, 0.2) is 16.3 Å². The van der Waals surface area contributed by atoms with Crippen molar-refractivity contribution in [1.29, 1.82) is 0 Å². The molecule has 0 radical (unpaired) electrons. The Hall–Kier alpha value is -3.60. The highest BCUT2D eigenvalue weighted by molar-refractivity contribution is 7.92. The SMILES string of the molecule is COc1cccc(F)c1S(=O)(=O)Nc1noc2cc3c(c(OC)c12)CCC3n1cccn1. The van der Waals surface area contributed by atoms with Crippen molar-refractivity contribution in [3.8, 4) is 11.5 Å². The van der Waals surface area contributed by atoms with E-state index in [9.17, 15) is 12.8 Å². The van der Waals surface area contributed by atoms with Crippen LogP contribution in [0.25, 0.3) is 11.0 Å². The molecule has 2 heterocycles. The van der Waals surface area contributed by atoms with Crippen molar-refractivity contribution in [2.45, 2.75) is 23.8 Å². The summed E-state index contributed by atoms with van der Waals surface area (Å²) in [5.41, 5.74) is 2.24. The summed E-state index contributed by atoms with van der Waals surface area (Å²) in [5.74, 6) is -0.695. The Morgan fingerprint density at radius 3 is 2.81 bits per heavy atom. The average Bonchev–Trinajstić information content (AvgIpc) is 3.51. The molecular formula is C21H19FN4O5S. The number of aromatic nitrogens is 3. The van der Waals surface area contributed by atoms with Gasteiger partial charge in [-0.05, 0) is 42.7 Å². The van der Waals surface area contributed by atoms with E-state index in [4.69, 9.17) is 14.0 Å². The van der Waals surface area contributed by atoms with Crippen LogP contribution >= 0.6 is 0 Å². The zero-order chi connectivity index (χ0) is 22.5. The number of nitrogens with one attached hydrogen (secondary N) is 1. The second-order valence-electron chi connectivity index (χ2n) is 7.30. The fourth-order valence-corrected chi connectivity index (χ4v) is 5.48. The largest absolute Gasteiger partial charge is 0.496 e. The van der Waals surface area contributed by atoms with Crippen LogP contribution in [-0.2, 0) is 16.4 Å². The van der Waals surface area contributed by atoms with Gasteiger partial charge in [0.2, 0.25) is 0 Å². The molecule has 11 heteroatoms. The molecule has 0 bridgehead atoms. The van der Waals surface area contributed by atoms with Crippen LogP contribution in [0.1, 0.15) is 23.6 Å². The average molecular weight is 458 g/mol. The van der Waals surface area contributed by atoms with E-state index in [1.54, 1.807) is 6.20 Å². The highest BCUT2D eigenvalue weighted by Crippen LogP contribution is 2.46. The number of anilines is 1. The summed E-state index contributed by atoms with van der Waals surface area (Å²) in [4.78, 5) is -0.613. The summed E-state index contributed by atoms with van der Waals surface area (Å²) in [6.07, 6.45) is 5.11. The first-order valence-electron chi connectivity index (χ1n) is 9.78. The first kappa shape index (κ1) is 20.3. The lowest BCUT2D eigenvalue weighted by atomic mass is 10.0. The van der Waals surface area contributed by atoms with E-state index in [0.717, 1.165) is 23.6 Å². The normalized spacial score (nSPS) is 15.7. The van der Waals surface area contributed by atoms with Crippen LogP contribution < -0.4 is 14.2 Å². The molecule has 2 aromatic carbocycles. The fraction of sp³-hybridized carbons (Fsp3) is 0.238. The quantitative estimate of drug-likeness (QED) is 0.471. The van der Waals surface area contributed by atoms with Gasteiger partial charge in [-0.3, -0.25) is 9.40 Å². The Kier molecular flexibility index (Phi) is 4.77. The molecule has 0 amide bonds. The Morgan fingerprint density at radius 1 is 1.25 bits per heavy atom. The summed E-state index contributed by atoms with van der Waals surface area (Å²) in [5, 5.41) is 8.60. The van der Waals surface area contributed by atoms with Crippen LogP contribution in [0.5, 0.6) is 11.5 Å². The third-order valence-electron chi connectivity index (χ3n) is 5.58. The smallest absolute Gasteiger partial charge is 0.269 e. The number of fused-ring (bicyclic) bond motifs is 2. The van der Waals surface area contributed by atoms with E-state index in [1.807, 2.05) is 23.0 Å². The van der Waals surface area contributed by atoms with Crippen LogP contribution in [0.2, 0.25) is 0 Å². The molecule has 4 aromatic rings. The lowest BCUT2D eigenvalue weighted by Crippen LogP contribution is -2.16. The standard InChI is InChI=1S/C21H19FN4O5S/c1-29-16-6-3-5-14(22)20(16)32(27,28)25-21-18-17(31-24-21)11-13-12(19(18)30-2)7-8-15(13)26-10-4-9-23-26/h3-6,9-11,15H,7-8H2,1-2H3,(H,24,25). The van der Waals surface area contributed by atoms with Crippen LogP contribution in [0.15, 0.2) is 52.1 Å². The number of hydrogen-bond acceptors (Lipinski definition) is 7. The molecule has 9 nitrogen and oxygen atoms in total. The summed E-state index contributed by atoms with van der Waals surface area (Å²) in [6.45, 7) is 0. The maximum atomic E-state index is 14.4. The lowest BCUT2D eigenvalue weighted by Gasteiger charge is -2.14. The van der Waals surface area contributed by atoms with E-state index < -0.39 is 20.7 Å². The van der Waals surface area contributed by atoms with E-state index in [0.29, 0.717) is 23.1 Å². The van der Waals surface area contributed by atoms with Crippen LogP contribution in [0, 0.1) is 5.82 Å². The number of rotatable bonds is 6. The number of halogens is 1. The van der Waals surface area contributed by atoms with Crippen LogP contribution in [0.3, 0.4) is 0 Å². The highest BCUT2D eigenvalue weighted by Gasteiger charge is 2.33. The van der Waals surface area contributed by atoms with Gasteiger partial charge in [0.1, 0.15) is 22.7 Å². The van der Waals surface area contributed by atoms with Crippen LogP contribution in [0.4, 0.5) is 10.2 Å². The van der Waals surface area contributed by atoms with Crippen molar-refractivity contribution in [2.24, 2.45) is 0 Å². The molecule has 0 spiro atoms. The van der Waals surface area contributed by atoms with Gasteiger partial charge in [-0.2, -0.15) is 5.10 Å². The van der Waals surface area contributed by atoms with Crippen molar-refractivity contribution in [3.05, 3.63) is 59.7 Å². The maximum Gasteiger partial charge on any atom is 0.269 e. The van der Waals surface area contributed by atoms with E-state index in [-0.39, 0.29) is 17.6 Å². The molecule has 0 fully saturated rings. The van der Waals surface area contributed by atoms with Crippen molar-refractivity contribution in [3.63, 3.8) is 0 Å². The van der Waals surface area contributed by atoms with Gasteiger partial charge in [-0.25, -0.2) is 12.8 Å². The van der Waals surface area contributed by atoms with Crippen molar-refractivity contribution < 1.29 is 26.8 Å². The molecule has 5 rings (SSSR count). The molecule has 1 aliphatic rings. The number of methoxy groups -OCH3 is 2. The molecule has 0 saturated heterocycles. The molecule has 1 aliphatic carbocycles. The number of hydrogen-bond donors (Lipinski definition) is 1. The minimum atomic E-state index is -4.38. The van der Waals surface area contributed by atoms with Crippen molar-refractivity contribution in [1.82, 2.24) is 14.9 Å². The minimum Gasteiger partial charge on any atom is -0.496 e. The Bertz CT molecular complexity index is 1420. The van der Waals surface area contributed by atoms with Gasteiger partial charge in [0, 0.05) is 18.0 Å². The Labute approximate surface area is 182 Å². The third kappa shape index (κ3) is 3.08. The minimum absolute atomic E-state index is 0.00576. The van der Waals surface area contributed by atoms with Gasteiger partial charge in [0.05, 0.1) is 20.3 Å². The summed E-state index contributed by atoms with van der Waals surface area (Å²) in [6, 6.07) is 7.45. The van der Waals surface area contributed by atoms with Gasteiger partial charge in [-0.1, -0.05) is 11.2 Å². The second-order valence-corrected chi connectivity index (χ2v) is 8.92. The number of nitrogens with zero attached hydrogens (tertiary/aromatic N) is 3. The zero-order valence-corrected chi connectivity index (χ0v) is 18.0. The number of benzene rings is 2. The Morgan fingerprint density at radius 2 is 2.09 bits per heavy atom. The molecular weight excluding hydrogens is 439 g/mol. The lowest BCUT2D eigenvalue weighted by molar-refractivity contribution is 0.395. The number of sulfonamides is 1. The first-order chi connectivity index (χ1) is 15.4. The van der Waals surface area contributed by atoms with E-state index in [1.165, 1.54) is 26.4 Å². The molecule has 1 N–H and O–H groups in total. The topological polar surface area (TPSA) is 108 Å². The van der Waals surface area contributed by atoms with E-state index >= 15 is 0 Å². The molecule has 0 saturated carbocycles. The molecule has 166 valence electrons. The first-order valence-corrected chi connectivity index (χ1v) is 11.3. The van der Waals surface area contributed by atoms with Crippen molar-refractivity contribution in [2.75, 3.05) is 18.9 Å². The summed E-state index contributed by atoms with van der Waals surface area (Å²) < 4.78 is 60.8. The van der Waals surface area contributed by atoms with Gasteiger partial charge < -0.3 is 14.0 Å². The van der Waals surface area contributed by atoms with Gasteiger partial charge >= 0.3 is 0 Å². The summed E-state index contributed by atoms with van der Waals surface area (Å²) >= 11 is 0. The second kappa shape index (κ2) is 7.52. The predicted octanol–water partition coefficient (Wildman–Crippen LogP) is 3.52. The number of ether oxygens (including phenoxy) is 2. The maximum absolute atomic E-state index is 14.4. The Balaban J connectivity index is 1.62. The summed E-state index contributed by atoms with van der Waals surface area (Å²) in [7, 11) is -1.61. The molecule has 2 aromatic heterocycles. The van der Waals surface area contributed by atoms with Crippen molar-refractivity contribution >= 4 is 26.8 Å². The molecule has 0 aliphatic heterocycles.